The summed E-state index contributed by atoms with van der Waals surface area (Å²) in [6.07, 6.45) is 0. The molecule has 0 radical (unpaired) electrons. The summed E-state index contributed by atoms with van der Waals surface area (Å²) in [4.78, 5) is 37.2. The average Bonchev–Trinajstić information content (AvgIpc) is 3.08. The zero-order chi connectivity index (χ0) is 38.7. The first-order valence-corrected chi connectivity index (χ1v) is 19.0. The quantitative estimate of drug-likeness (QED) is 0.0763. The minimum absolute atomic E-state index is 0.0729. The molecule has 0 bridgehead atoms. The van der Waals surface area contributed by atoms with Gasteiger partial charge in [-0.2, -0.15) is 36.0 Å². The largest absolute Gasteiger partial charge is 0.479 e. The van der Waals surface area contributed by atoms with Gasteiger partial charge in [0.25, 0.3) is 25.8 Å². The standard InChI is InChI=1S/C32H23N7O12S3/c1-39-23-9-8-20(28-27(23)19(14-26(39)40)17-4-2-3-5-18(17)29(28)41)34-22-12-15(6-11-25(22)54(48,49)50)33-30-36-31(38-32(42)37-30)35-21-13-16(53(45,46)47)7-10-24(21)51-52(43)44/h2-14,34H,1H3,(H,43,44)(H,45,46,47)(H,48,49,50)(H3,33,35,36,37,38,42). The third kappa shape index (κ3) is 6.82. The molecule has 0 saturated heterocycles. The molecule has 0 fully saturated rings. The van der Waals surface area contributed by atoms with Crippen molar-refractivity contribution in [1.29, 1.82) is 0 Å². The molecule has 0 amide bonds. The Morgan fingerprint density at radius 1 is 0.741 bits per heavy atom. The number of hydrogen-bond acceptors (Lipinski definition) is 15. The van der Waals surface area contributed by atoms with Crippen LogP contribution >= 0.6 is 0 Å². The van der Waals surface area contributed by atoms with Gasteiger partial charge in [0.15, 0.2) is 11.5 Å². The number of anilines is 6. The Labute approximate surface area is 306 Å². The summed E-state index contributed by atoms with van der Waals surface area (Å²) in [6.45, 7) is 0. The van der Waals surface area contributed by atoms with Crippen LogP contribution in [0.1, 0.15) is 15.9 Å². The first-order valence-electron chi connectivity index (χ1n) is 15.1. The number of nitrogens with one attached hydrogen (secondary N) is 3. The zero-order valence-electron chi connectivity index (χ0n) is 27.1. The van der Waals surface area contributed by atoms with Crippen LogP contribution in [0.2, 0.25) is 0 Å². The van der Waals surface area contributed by atoms with E-state index in [2.05, 4.69) is 30.9 Å². The van der Waals surface area contributed by atoms with Gasteiger partial charge in [0, 0.05) is 29.8 Å². The molecule has 0 aliphatic heterocycles. The predicted molar refractivity (Wildman–Crippen MR) is 193 cm³/mol. The fraction of sp³-hybridized carbons (Fsp3) is 0.0312. The number of carbonyl (C=O) groups is 1. The van der Waals surface area contributed by atoms with Crippen molar-refractivity contribution < 1.29 is 48.8 Å². The number of nitrogens with zero attached hydrogens (tertiary/aromatic N) is 4. The van der Waals surface area contributed by atoms with Gasteiger partial charge in [-0.05, 0) is 59.7 Å². The van der Waals surface area contributed by atoms with E-state index in [0.29, 0.717) is 27.6 Å². The summed E-state index contributed by atoms with van der Waals surface area (Å²) < 4.78 is 94.7. The fourth-order valence-electron chi connectivity index (χ4n) is 5.88. The number of pyridine rings is 1. The number of fused-ring (bicyclic) bond motifs is 2. The number of rotatable bonds is 10. The van der Waals surface area contributed by atoms with E-state index < -0.39 is 59.1 Å². The summed E-state index contributed by atoms with van der Waals surface area (Å²) in [5, 5.41) is 18.9. The van der Waals surface area contributed by atoms with E-state index in [-0.39, 0.29) is 45.6 Å². The molecule has 1 aliphatic carbocycles. The number of aryl methyl sites for hydroxylation is 1. The lowest BCUT2D eigenvalue weighted by Gasteiger charge is -2.24. The molecular formula is C32H23N7O12S3. The Morgan fingerprint density at radius 2 is 1.44 bits per heavy atom. The van der Waals surface area contributed by atoms with Crippen molar-refractivity contribution in [2.45, 2.75) is 9.79 Å². The van der Waals surface area contributed by atoms with E-state index in [1.54, 1.807) is 37.4 Å². The van der Waals surface area contributed by atoms with Crippen molar-refractivity contribution in [1.82, 2.24) is 19.5 Å². The number of aromatic nitrogens is 4. The van der Waals surface area contributed by atoms with Crippen molar-refractivity contribution in [3.8, 4) is 22.9 Å². The molecule has 6 aromatic rings. The maximum absolute atomic E-state index is 14.0. The summed E-state index contributed by atoms with van der Waals surface area (Å²) in [6, 6.07) is 16.5. The van der Waals surface area contributed by atoms with Gasteiger partial charge in [0.1, 0.15) is 4.90 Å². The maximum Gasteiger partial charge on any atom is 0.357 e. The summed E-state index contributed by atoms with van der Waals surface area (Å²) >= 11 is -2.86. The van der Waals surface area contributed by atoms with E-state index in [9.17, 15) is 49.4 Å². The number of ketones is 1. The van der Waals surface area contributed by atoms with Crippen LogP contribution in [0.5, 0.6) is 11.8 Å². The number of carbonyl (C=O) groups excluding carboxylic acids is 1. The maximum atomic E-state index is 14.0. The van der Waals surface area contributed by atoms with Crippen molar-refractivity contribution in [2.75, 3.05) is 16.0 Å². The van der Waals surface area contributed by atoms with Crippen LogP contribution in [0.4, 0.5) is 34.6 Å². The van der Waals surface area contributed by atoms with Crippen LogP contribution in [-0.2, 0) is 38.6 Å². The second-order valence-electron chi connectivity index (χ2n) is 11.5. The summed E-state index contributed by atoms with van der Waals surface area (Å²) in [5.74, 6) is -1.61. The van der Waals surface area contributed by atoms with E-state index in [4.69, 9.17) is 4.18 Å². The first-order chi connectivity index (χ1) is 25.5. The van der Waals surface area contributed by atoms with Crippen LogP contribution in [0.15, 0.2) is 93.4 Å². The Balaban J connectivity index is 1.28. The molecule has 2 aromatic heterocycles. The molecular weight excluding hydrogens is 771 g/mol. The molecule has 0 saturated carbocycles. The smallest absolute Gasteiger partial charge is 0.357 e. The molecule has 19 nitrogen and oxygen atoms in total. The Kier molecular flexibility index (Phi) is 8.87. The summed E-state index contributed by atoms with van der Waals surface area (Å²) in [7, 11) is -8.06. The van der Waals surface area contributed by atoms with Gasteiger partial charge in [-0.3, -0.25) is 23.2 Å². The monoisotopic (exact) mass is 793 g/mol. The third-order valence-corrected chi connectivity index (χ3v) is 10.2. The van der Waals surface area contributed by atoms with Crippen LogP contribution in [0.3, 0.4) is 0 Å². The predicted octanol–water partition coefficient (Wildman–Crippen LogP) is 3.88. The highest BCUT2D eigenvalue weighted by molar-refractivity contribution is 7.86. The van der Waals surface area contributed by atoms with Gasteiger partial charge in [0.05, 0.1) is 33.0 Å². The molecule has 22 heteroatoms. The van der Waals surface area contributed by atoms with Crippen molar-refractivity contribution >= 4 is 82.9 Å². The topological polar surface area (TPSA) is 289 Å². The minimum atomic E-state index is -4.87. The van der Waals surface area contributed by atoms with Gasteiger partial charge >= 0.3 is 17.4 Å². The van der Waals surface area contributed by atoms with Crippen molar-refractivity contribution in [3.05, 3.63) is 100 Å². The lowest BCUT2D eigenvalue weighted by Crippen LogP contribution is -2.21. The van der Waals surface area contributed by atoms with Crippen molar-refractivity contribution in [3.63, 3.8) is 0 Å². The molecule has 7 N–H and O–H groups in total. The van der Waals surface area contributed by atoms with Gasteiger partial charge in [-0.1, -0.05) is 24.3 Å². The van der Waals surface area contributed by atoms with Crippen molar-refractivity contribution in [2.24, 2.45) is 7.05 Å². The molecule has 54 heavy (non-hydrogen) atoms. The molecule has 276 valence electrons. The molecule has 1 aliphatic rings. The number of benzene rings is 4. The van der Waals surface area contributed by atoms with E-state index >= 15 is 0 Å². The Bertz CT molecular complexity index is 2900. The van der Waals surface area contributed by atoms with Crippen LogP contribution in [0.25, 0.3) is 22.0 Å². The van der Waals surface area contributed by atoms with Gasteiger partial charge < -0.3 is 29.8 Å². The van der Waals surface area contributed by atoms with Crippen LogP contribution in [0, 0.1) is 0 Å². The molecule has 7 rings (SSSR count). The van der Waals surface area contributed by atoms with E-state index in [0.717, 1.165) is 24.3 Å². The summed E-state index contributed by atoms with van der Waals surface area (Å²) in [5.41, 5.74) is 1.30. The van der Waals surface area contributed by atoms with Gasteiger partial charge in [-0.25, -0.2) is 0 Å². The molecule has 1 atom stereocenters. The highest BCUT2D eigenvalue weighted by atomic mass is 32.2. The highest BCUT2D eigenvalue weighted by Crippen LogP contribution is 2.43. The lowest BCUT2D eigenvalue weighted by atomic mass is 9.83. The lowest BCUT2D eigenvalue weighted by molar-refractivity contribution is 0.104. The number of hydrogen-bond donors (Lipinski definition) is 7. The molecule has 4 aromatic carbocycles. The second-order valence-corrected chi connectivity index (χ2v) is 14.9. The third-order valence-electron chi connectivity index (χ3n) is 8.16. The Hall–Kier alpha value is -6.30. The minimum Gasteiger partial charge on any atom is -0.479 e. The van der Waals surface area contributed by atoms with Gasteiger partial charge in [-0.15, -0.1) is 0 Å². The fourth-order valence-corrected chi connectivity index (χ4v) is 7.31. The molecule has 2 heterocycles. The molecule has 0 spiro atoms. The van der Waals surface area contributed by atoms with Crippen LogP contribution in [-0.4, -0.2) is 65.1 Å². The average molecular weight is 794 g/mol. The van der Waals surface area contributed by atoms with Crippen LogP contribution < -0.4 is 25.7 Å². The molecule has 1 unspecified atom stereocenters. The first kappa shape index (κ1) is 36.1. The van der Waals surface area contributed by atoms with E-state index in [1.165, 1.54) is 28.8 Å². The van der Waals surface area contributed by atoms with Gasteiger partial charge in [0.2, 0.25) is 11.9 Å². The SMILES string of the molecule is Cn1c(=O)cc2c3c(c(Nc4cc(Nc5nc(O)nc(Nc6cc(S(=O)(=O)O)ccc6OS(=O)O)n5)ccc4S(=O)(=O)O)ccc31)C(=O)c1ccccc1-2. The second kappa shape index (κ2) is 13.3. The zero-order valence-corrected chi connectivity index (χ0v) is 29.5. The Morgan fingerprint density at radius 3 is 2.13 bits per heavy atom. The number of aromatic hydroxyl groups is 1. The van der Waals surface area contributed by atoms with E-state index in [1.807, 2.05) is 0 Å². The normalized spacial score (nSPS) is 12.9. The highest BCUT2D eigenvalue weighted by Gasteiger charge is 2.30.